The van der Waals surface area contributed by atoms with Gasteiger partial charge < -0.3 is 9.72 Å². The van der Waals surface area contributed by atoms with E-state index >= 15 is 0 Å². The van der Waals surface area contributed by atoms with E-state index in [-0.39, 0.29) is 5.56 Å². The van der Waals surface area contributed by atoms with Gasteiger partial charge in [0, 0.05) is 22.0 Å². The fraction of sp³-hybridized carbons (Fsp3) is 0.136. The number of rotatable bonds is 6. The molecule has 132 valence electrons. The molecule has 0 aliphatic rings. The van der Waals surface area contributed by atoms with Crippen LogP contribution in [-0.2, 0) is 11.2 Å². The molecule has 3 aromatic rings. The molecule has 0 saturated heterocycles. The third-order valence-corrected chi connectivity index (χ3v) is 4.58. The number of hydrogen-bond acceptors (Lipinski definition) is 2. The molecule has 0 amide bonds. The van der Waals surface area contributed by atoms with Crippen LogP contribution in [0.1, 0.15) is 23.6 Å². The summed E-state index contributed by atoms with van der Waals surface area (Å²) >= 11 is 3.47. The number of H-pyrrole nitrogens is 1. The fourth-order valence-corrected chi connectivity index (χ4v) is 3.32. The third kappa shape index (κ3) is 4.14. The first-order valence-electron chi connectivity index (χ1n) is 8.46. The highest BCUT2D eigenvalue weighted by atomic mass is 79.9. The van der Waals surface area contributed by atoms with Crippen LogP contribution in [0.3, 0.4) is 0 Å². The largest absolute Gasteiger partial charge is 0.494 e. The molecule has 0 fully saturated rings. The van der Waals surface area contributed by atoms with Gasteiger partial charge in [-0.25, -0.2) is 0 Å². The maximum absolute atomic E-state index is 12.7. The van der Waals surface area contributed by atoms with Crippen molar-refractivity contribution in [3.8, 4) is 11.3 Å². The van der Waals surface area contributed by atoms with Crippen molar-refractivity contribution in [3.63, 3.8) is 0 Å². The molecule has 1 aromatic heterocycles. The van der Waals surface area contributed by atoms with Gasteiger partial charge in [-0.1, -0.05) is 65.0 Å². The smallest absolute Gasteiger partial charge is 0.251 e. The van der Waals surface area contributed by atoms with Crippen LogP contribution in [0.5, 0.6) is 0 Å². The Bertz CT molecular complexity index is 977. The molecule has 4 heteroatoms. The van der Waals surface area contributed by atoms with E-state index < -0.39 is 0 Å². The maximum atomic E-state index is 12.7. The van der Waals surface area contributed by atoms with Crippen molar-refractivity contribution >= 4 is 21.7 Å². The van der Waals surface area contributed by atoms with Crippen LogP contribution in [0.2, 0.25) is 0 Å². The second-order valence-corrected chi connectivity index (χ2v) is 6.86. The number of ether oxygens (including phenoxy) is 1. The van der Waals surface area contributed by atoms with E-state index in [1.807, 2.05) is 67.6 Å². The molecule has 2 aromatic carbocycles. The molecule has 0 spiro atoms. The van der Waals surface area contributed by atoms with Crippen LogP contribution in [0.4, 0.5) is 0 Å². The lowest BCUT2D eigenvalue weighted by molar-refractivity contribution is 0.299. The van der Waals surface area contributed by atoms with E-state index in [9.17, 15) is 4.79 Å². The molecule has 1 heterocycles. The number of aromatic nitrogens is 1. The molecule has 1 N–H and O–H groups in total. The Morgan fingerprint density at radius 2 is 1.88 bits per heavy atom. The minimum atomic E-state index is -0.100. The molecule has 0 radical (unpaired) electrons. The first kappa shape index (κ1) is 18.2. The van der Waals surface area contributed by atoms with Gasteiger partial charge in [0.2, 0.25) is 0 Å². The third-order valence-electron chi connectivity index (χ3n) is 4.08. The molecule has 0 aliphatic carbocycles. The standard InChI is InChI=1S/C22H20BrNO2/c1-3-26-15(2)20-14-18(12-16-8-7-11-19(23)13-16)22(25)24-21(20)17-9-5-4-6-10-17/h4-11,13-14H,2-3,12H2,1H3,(H,24,25). The lowest BCUT2D eigenvalue weighted by Gasteiger charge is -2.14. The molecule has 0 atom stereocenters. The first-order chi connectivity index (χ1) is 12.6. The minimum Gasteiger partial charge on any atom is -0.494 e. The van der Waals surface area contributed by atoms with Crippen molar-refractivity contribution in [2.45, 2.75) is 13.3 Å². The summed E-state index contributed by atoms with van der Waals surface area (Å²) in [4.78, 5) is 15.7. The molecule has 0 bridgehead atoms. The molecule has 0 aliphatic heterocycles. The summed E-state index contributed by atoms with van der Waals surface area (Å²) in [6.45, 7) is 6.48. The lowest BCUT2D eigenvalue weighted by Crippen LogP contribution is -2.16. The normalized spacial score (nSPS) is 10.5. The van der Waals surface area contributed by atoms with Crippen molar-refractivity contribution in [1.82, 2.24) is 4.98 Å². The number of hydrogen-bond donors (Lipinski definition) is 1. The van der Waals surface area contributed by atoms with Gasteiger partial charge in [0.15, 0.2) is 0 Å². The quantitative estimate of drug-likeness (QED) is 0.553. The Balaban J connectivity index is 2.09. The predicted octanol–water partition coefficient (Wildman–Crippen LogP) is 5.40. The zero-order valence-electron chi connectivity index (χ0n) is 14.6. The van der Waals surface area contributed by atoms with Crippen LogP contribution in [0.25, 0.3) is 17.0 Å². The van der Waals surface area contributed by atoms with E-state index in [0.29, 0.717) is 24.4 Å². The Morgan fingerprint density at radius 1 is 1.12 bits per heavy atom. The van der Waals surface area contributed by atoms with E-state index in [1.165, 1.54) is 0 Å². The van der Waals surface area contributed by atoms with Crippen LogP contribution < -0.4 is 5.56 Å². The second kappa shape index (κ2) is 8.19. The van der Waals surface area contributed by atoms with Gasteiger partial charge in [-0.05, 0) is 36.2 Å². The summed E-state index contributed by atoms with van der Waals surface area (Å²) < 4.78 is 6.62. The Kier molecular flexibility index (Phi) is 5.74. The van der Waals surface area contributed by atoms with E-state index in [1.54, 1.807) is 0 Å². The topological polar surface area (TPSA) is 42.1 Å². The molecule has 0 saturated carbocycles. The van der Waals surface area contributed by atoms with E-state index in [4.69, 9.17) is 4.74 Å². The van der Waals surface area contributed by atoms with Gasteiger partial charge in [-0.15, -0.1) is 0 Å². The summed E-state index contributed by atoms with van der Waals surface area (Å²) in [5, 5.41) is 0. The highest BCUT2D eigenvalue weighted by molar-refractivity contribution is 9.10. The average Bonchev–Trinajstić information content (AvgIpc) is 2.64. The number of halogens is 1. The molecule has 3 rings (SSSR count). The molecule has 0 unspecified atom stereocenters. The van der Waals surface area contributed by atoms with Crippen molar-refractivity contribution in [3.05, 3.63) is 98.8 Å². The number of nitrogens with one attached hydrogen (secondary N) is 1. The van der Waals surface area contributed by atoms with Gasteiger partial charge in [0.05, 0.1) is 12.3 Å². The maximum Gasteiger partial charge on any atom is 0.251 e. The highest BCUT2D eigenvalue weighted by Crippen LogP contribution is 2.27. The Morgan fingerprint density at radius 3 is 2.58 bits per heavy atom. The predicted molar refractivity (Wildman–Crippen MR) is 110 cm³/mol. The van der Waals surface area contributed by atoms with Gasteiger partial charge in [-0.3, -0.25) is 4.79 Å². The Hall–Kier alpha value is -2.59. The molecule has 3 nitrogen and oxygen atoms in total. The average molecular weight is 410 g/mol. The minimum absolute atomic E-state index is 0.100. The molecular formula is C22H20BrNO2. The SMILES string of the molecule is C=C(OCC)c1cc(Cc2cccc(Br)c2)c(=O)[nH]c1-c1ccccc1. The summed E-state index contributed by atoms with van der Waals surface area (Å²) in [7, 11) is 0. The number of aromatic amines is 1. The summed E-state index contributed by atoms with van der Waals surface area (Å²) in [6.07, 6.45) is 0.538. The van der Waals surface area contributed by atoms with Crippen molar-refractivity contribution < 1.29 is 4.74 Å². The van der Waals surface area contributed by atoms with Gasteiger partial charge in [-0.2, -0.15) is 0 Å². The summed E-state index contributed by atoms with van der Waals surface area (Å²) in [5.74, 6) is 0.554. The zero-order valence-corrected chi connectivity index (χ0v) is 16.2. The van der Waals surface area contributed by atoms with Crippen molar-refractivity contribution in [2.75, 3.05) is 6.61 Å². The van der Waals surface area contributed by atoms with E-state index in [2.05, 4.69) is 27.5 Å². The summed E-state index contributed by atoms with van der Waals surface area (Å²) in [6, 6.07) is 19.6. The molecular weight excluding hydrogens is 390 g/mol. The van der Waals surface area contributed by atoms with Gasteiger partial charge in [0.1, 0.15) is 5.76 Å². The summed E-state index contributed by atoms with van der Waals surface area (Å²) in [5.41, 5.74) is 4.10. The van der Waals surface area contributed by atoms with Gasteiger partial charge >= 0.3 is 0 Å². The number of pyridine rings is 1. The van der Waals surface area contributed by atoms with Crippen LogP contribution >= 0.6 is 15.9 Å². The van der Waals surface area contributed by atoms with Crippen molar-refractivity contribution in [1.29, 1.82) is 0 Å². The molecule has 26 heavy (non-hydrogen) atoms. The monoisotopic (exact) mass is 409 g/mol. The first-order valence-corrected chi connectivity index (χ1v) is 9.26. The van der Waals surface area contributed by atoms with Crippen LogP contribution in [0, 0.1) is 0 Å². The van der Waals surface area contributed by atoms with E-state index in [0.717, 1.165) is 26.9 Å². The zero-order chi connectivity index (χ0) is 18.5. The fourth-order valence-electron chi connectivity index (χ4n) is 2.88. The Labute approximate surface area is 161 Å². The van der Waals surface area contributed by atoms with Crippen LogP contribution in [-0.4, -0.2) is 11.6 Å². The second-order valence-electron chi connectivity index (χ2n) is 5.94. The lowest BCUT2D eigenvalue weighted by atomic mass is 9.99. The van der Waals surface area contributed by atoms with Gasteiger partial charge in [0.25, 0.3) is 5.56 Å². The van der Waals surface area contributed by atoms with Crippen molar-refractivity contribution in [2.24, 2.45) is 0 Å². The number of benzene rings is 2. The highest BCUT2D eigenvalue weighted by Gasteiger charge is 2.14. The van der Waals surface area contributed by atoms with Crippen LogP contribution in [0.15, 0.2) is 76.5 Å².